The maximum Gasteiger partial charge on any atom is 0.119 e. The number of hydrogen-bond donors (Lipinski definition) is 1. The third-order valence-electron chi connectivity index (χ3n) is 3.30. The summed E-state index contributed by atoms with van der Waals surface area (Å²) < 4.78 is 11.1. The molecule has 1 unspecified atom stereocenters. The van der Waals surface area contributed by atoms with E-state index in [1.54, 1.807) is 0 Å². The van der Waals surface area contributed by atoms with Gasteiger partial charge in [0, 0.05) is 25.7 Å². The summed E-state index contributed by atoms with van der Waals surface area (Å²) >= 11 is 0. The number of nitrogens with two attached hydrogens (primary N) is 1. The Balaban J connectivity index is 1.94. The Morgan fingerprint density at radius 1 is 1.37 bits per heavy atom. The number of ether oxygens (including phenoxy) is 2. The van der Waals surface area contributed by atoms with Gasteiger partial charge < -0.3 is 15.2 Å². The van der Waals surface area contributed by atoms with Gasteiger partial charge in [-0.3, -0.25) is 4.90 Å². The van der Waals surface area contributed by atoms with Crippen LogP contribution in [-0.4, -0.2) is 43.3 Å². The van der Waals surface area contributed by atoms with E-state index in [0.29, 0.717) is 12.6 Å². The van der Waals surface area contributed by atoms with Crippen molar-refractivity contribution in [2.75, 3.05) is 26.3 Å². The van der Waals surface area contributed by atoms with Crippen LogP contribution in [0.4, 0.5) is 0 Å². The fourth-order valence-electron chi connectivity index (χ4n) is 2.29. The Morgan fingerprint density at radius 3 is 2.74 bits per heavy atom. The summed E-state index contributed by atoms with van der Waals surface area (Å²) in [4.78, 5) is 2.39. The second kappa shape index (κ2) is 6.89. The molecule has 4 nitrogen and oxygen atoms in total. The summed E-state index contributed by atoms with van der Waals surface area (Å²) in [7, 11) is 0. The first kappa shape index (κ1) is 14.3. The fourth-order valence-corrected chi connectivity index (χ4v) is 2.29. The van der Waals surface area contributed by atoms with Gasteiger partial charge in [0.1, 0.15) is 5.75 Å². The second-order valence-corrected chi connectivity index (χ2v) is 5.25. The summed E-state index contributed by atoms with van der Waals surface area (Å²) in [5.41, 5.74) is 7.07. The number of benzene rings is 1. The molecule has 1 heterocycles. The Labute approximate surface area is 115 Å². The molecule has 0 amide bonds. The van der Waals surface area contributed by atoms with Gasteiger partial charge in [0.15, 0.2) is 0 Å². The Hall–Kier alpha value is -1.10. The lowest BCUT2D eigenvalue weighted by molar-refractivity contribution is -0.00793. The van der Waals surface area contributed by atoms with Crippen LogP contribution in [0.25, 0.3) is 0 Å². The zero-order valence-electron chi connectivity index (χ0n) is 11.8. The predicted molar refractivity (Wildman–Crippen MR) is 76.3 cm³/mol. The van der Waals surface area contributed by atoms with Crippen LogP contribution in [-0.2, 0) is 11.3 Å². The summed E-state index contributed by atoms with van der Waals surface area (Å²) in [5, 5.41) is 0. The van der Waals surface area contributed by atoms with E-state index in [1.807, 2.05) is 26.0 Å². The lowest BCUT2D eigenvalue weighted by Crippen LogP contribution is -2.48. The molecular formula is C15H24N2O2. The summed E-state index contributed by atoms with van der Waals surface area (Å²) in [6.07, 6.45) is 0.215. The number of morpholine rings is 1. The van der Waals surface area contributed by atoms with Crippen LogP contribution in [0.1, 0.15) is 19.4 Å². The molecule has 1 aliphatic rings. The maximum absolute atomic E-state index is 5.78. The van der Waals surface area contributed by atoms with Crippen LogP contribution in [0.3, 0.4) is 0 Å². The van der Waals surface area contributed by atoms with Crippen molar-refractivity contribution in [3.8, 4) is 5.75 Å². The average molecular weight is 264 g/mol. The molecule has 0 saturated carbocycles. The molecule has 0 aromatic heterocycles. The zero-order valence-corrected chi connectivity index (χ0v) is 11.8. The molecule has 19 heavy (non-hydrogen) atoms. The van der Waals surface area contributed by atoms with E-state index in [4.69, 9.17) is 15.2 Å². The number of hydrogen-bond acceptors (Lipinski definition) is 4. The van der Waals surface area contributed by atoms with Gasteiger partial charge in [-0.05, 0) is 31.5 Å². The Kier molecular flexibility index (Phi) is 5.19. The fraction of sp³-hybridized carbons (Fsp3) is 0.600. The summed E-state index contributed by atoms with van der Waals surface area (Å²) in [5.74, 6) is 0.927. The molecule has 1 aromatic carbocycles. The molecule has 1 saturated heterocycles. The first-order valence-corrected chi connectivity index (χ1v) is 6.96. The van der Waals surface area contributed by atoms with Crippen molar-refractivity contribution < 1.29 is 9.47 Å². The molecule has 1 aliphatic heterocycles. The van der Waals surface area contributed by atoms with Crippen molar-refractivity contribution in [2.24, 2.45) is 5.73 Å². The van der Waals surface area contributed by atoms with Crippen LogP contribution >= 0.6 is 0 Å². The van der Waals surface area contributed by atoms with Crippen molar-refractivity contribution in [1.29, 1.82) is 0 Å². The molecule has 0 radical (unpaired) electrons. The maximum atomic E-state index is 5.78. The van der Waals surface area contributed by atoms with Crippen molar-refractivity contribution >= 4 is 0 Å². The van der Waals surface area contributed by atoms with Gasteiger partial charge in [0.2, 0.25) is 0 Å². The molecule has 2 rings (SSSR count). The Morgan fingerprint density at radius 2 is 2.11 bits per heavy atom. The van der Waals surface area contributed by atoms with Crippen molar-refractivity contribution in [3.05, 3.63) is 29.8 Å². The zero-order chi connectivity index (χ0) is 13.7. The van der Waals surface area contributed by atoms with E-state index >= 15 is 0 Å². The predicted octanol–water partition coefficient (Wildman–Crippen LogP) is 1.63. The minimum atomic E-state index is 0.215. The number of rotatable bonds is 5. The van der Waals surface area contributed by atoms with E-state index in [2.05, 4.69) is 17.0 Å². The summed E-state index contributed by atoms with van der Waals surface area (Å²) in [6, 6.07) is 8.66. The summed E-state index contributed by atoms with van der Waals surface area (Å²) in [6.45, 7) is 8.13. The third-order valence-corrected chi connectivity index (χ3v) is 3.30. The standard InChI is InChI=1S/C15H24N2O2/c1-12(2)19-15-5-3-13(4-6-15)10-17-7-8-18-11-14(17)9-16/h3-6,12,14H,7-11,16H2,1-2H3. The van der Waals surface area contributed by atoms with Crippen LogP contribution in [0.15, 0.2) is 24.3 Å². The smallest absolute Gasteiger partial charge is 0.119 e. The van der Waals surface area contributed by atoms with E-state index in [0.717, 1.165) is 32.1 Å². The van der Waals surface area contributed by atoms with Gasteiger partial charge in [-0.2, -0.15) is 0 Å². The van der Waals surface area contributed by atoms with Crippen LogP contribution < -0.4 is 10.5 Å². The van der Waals surface area contributed by atoms with Gasteiger partial charge >= 0.3 is 0 Å². The number of nitrogens with zero attached hydrogens (tertiary/aromatic N) is 1. The highest BCUT2D eigenvalue weighted by atomic mass is 16.5. The molecule has 0 aliphatic carbocycles. The van der Waals surface area contributed by atoms with Gasteiger partial charge in [-0.15, -0.1) is 0 Å². The van der Waals surface area contributed by atoms with Gasteiger partial charge in [0.25, 0.3) is 0 Å². The van der Waals surface area contributed by atoms with E-state index in [1.165, 1.54) is 5.56 Å². The minimum absolute atomic E-state index is 0.215. The van der Waals surface area contributed by atoms with Crippen molar-refractivity contribution in [2.45, 2.75) is 32.5 Å². The molecule has 2 N–H and O–H groups in total. The molecule has 1 atom stereocenters. The molecular weight excluding hydrogens is 240 g/mol. The Bertz CT molecular complexity index is 378. The molecule has 1 fully saturated rings. The van der Waals surface area contributed by atoms with Crippen LogP contribution in [0, 0.1) is 0 Å². The van der Waals surface area contributed by atoms with Crippen molar-refractivity contribution in [1.82, 2.24) is 4.90 Å². The highest BCUT2D eigenvalue weighted by Gasteiger charge is 2.21. The first-order chi connectivity index (χ1) is 9.19. The van der Waals surface area contributed by atoms with E-state index < -0.39 is 0 Å². The van der Waals surface area contributed by atoms with Gasteiger partial charge in [0.05, 0.1) is 19.3 Å². The molecule has 0 bridgehead atoms. The van der Waals surface area contributed by atoms with Crippen LogP contribution in [0.2, 0.25) is 0 Å². The highest BCUT2D eigenvalue weighted by Crippen LogP contribution is 2.17. The lowest BCUT2D eigenvalue weighted by atomic mass is 10.1. The highest BCUT2D eigenvalue weighted by molar-refractivity contribution is 5.27. The molecule has 0 spiro atoms. The quantitative estimate of drug-likeness (QED) is 0.878. The normalized spacial score (nSPS) is 20.7. The minimum Gasteiger partial charge on any atom is -0.491 e. The largest absolute Gasteiger partial charge is 0.491 e. The molecule has 1 aromatic rings. The van der Waals surface area contributed by atoms with Crippen molar-refractivity contribution in [3.63, 3.8) is 0 Å². The van der Waals surface area contributed by atoms with E-state index in [-0.39, 0.29) is 6.10 Å². The van der Waals surface area contributed by atoms with Crippen LogP contribution in [0.5, 0.6) is 5.75 Å². The monoisotopic (exact) mass is 264 g/mol. The average Bonchev–Trinajstić information content (AvgIpc) is 2.41. The second-order valence-electron chi connectivity index (χ2n) is 5.25. The topological polar surface area (TPSA) is 47.7 Å². The molecule has 4 heteroatoms. The van der Waals surface area contributed by atoms with Gasteiger partial charge in [-0.25, -0.2) is 0 Å². The van der Waals surface area contributed by atoms with Gasteiger partial charge in [-0.1, -0.05) is 12.1 Å². The molecule has 106 valence electrons. The first-order valence-electron chi connectivity index (χ1n) is 6.96. The SMILES string of the molecule is CC(C)Oc1ccc(CN2CCOCC2CN)cc1. The lowest BCUT2D eigenvalue weighted by Gasteiger charge is -2.34. The van der Waals surface area contributed by atoms with E-state index in [9.17, 15) is 0 Å². The third kappa shape index (κ3) is 4.20.